The first-order chi connectivity index (χ1) is 16.9. The fourth-order valence-electron chi connectivity index (χ4n) is 3.91. The van der Waals surface area contributed by atoms with E-state index in [1.54, 1.807) is 21.3 Å². The Morgan fingerprint density at radius 3 is 2.43 bits per heavy atom. The lowest BCUT2D eigenvalue weighted by Crippen LogP contribution is -2.48. The van der Waals surface area contributed by atoms with Gasteiger partial charge in [-0.1, -0.05) is 18.2 Å². The number of hydrogen-bond acceptors (Lipinski definition) is 6. The molecule has 1 N–H and O–H groups in total. The SMILES string of the molecule is COCCN(CC(=O)N1N=C(c2ccc(OC)cc2)CC1c1ccccc1OC)C(=O)NC(C)C. The number of carbonyl (C=O) groups excluding carboxylic acids is 2. The first kappa shape index (κ1) is 26.0. The Morgan fingerprint density at radius 2 is 1.80 bits per heavy atom. The fraction of sp³-hybridized carbons (Fsp3) is 0.423. The lowest BCUT2D eigenvalue weighted by Gasteiger charge is -2.28. The van der Waals surface area contributed by atoms with Crippen LogP contribution in [0.5, 0.6) is 11.5 Å². The van der Waals surface area contributed by atoms with Gasteiger partial charge in [0.05, 0.1) is 32.6 Å². The number of ether oxygens (including phenoxy) is 3. The predicted octanol–water partition coefficient (Wildman–Crippen LogP) is 3.45. The van der Waals surface area contributed by atoms with Gasteiger partial charge in [-0.3, -0.25) is 4.79 Å². The summed E-state index contributed by atoms with van der Waals surface area (Å²) in [5.41, 5.74) is 2.52. The van der Waals surface area contributed by atoms with E-state index in [1.807, 2.05) is 62.4 Å². The number of benzene rings is 2. The van der Waals surface area contributed by atoms with Crippen LogP contribution in [-0.2, 0) is 9.53 Å². The maximum atomic E-state index is 13.6. The van der Waals surface area contributed by atoms with Gasteiger partial charge in [0, 0.05) is 31.7 Å². The second-order valence-electron chi connectivity index (χ2n) is 8.49. The normalized spacial score (nSPS) is 15.1. The van der Waals surface area contributed by atoms with Gasteiger partial charge in [-0.05, 0) is 49.7 Å². The Labute approximate surface area is 206 Å². The number of nitrogens with zero attached hydrogens (tertiary/aromatic N) is 3. The van der Waals surface area contributed by atoms with E-state index >= 15 is 0 Å². The molecule has 3 rings (SSSR count). The topological polar surface area (TPSA) is 92.7 Å². The molecule has 2 aromatic carbocycles. The van der Waals surface area contributed by atoms with Crippen LogP contribution in [0, 0.1) is 0 Å². The highest BCUT2D eigenvalue weighted by molar-refractivity contribution is 6.03. The minimum atomic E-state index is -0.367. The smallest absolute Gasteiger partial charge is 0.318 e. The van der Waals surface area contributed by atoms with Crippen molar-refractivity contribution < 1.29 is 23.8 Å². The first-order valence-corrected chi connectivity index (χ1v) is 11.6. The summed E-state index contributed by atoms with van der Waals surface area (Å²) >= 11 is 0. The standard InChI is InChI=1S/C26H34N4O5/c1-18(2)27-26(32)29(14-15-33-3)17-25(31)30-23(21-8-6-7-9-24(21)35-5)16-22(28-30)19-10-12-20(34-4)13-11-19/h6-13,18,23H,14-17H2,1-5H3,(H,27,32). The molecule has 2 aromatic rings. The summed E-state index contributed by atoms with van der Waals surface area (Å²) in [6, 6.07) is 14.4. The second kappa shape index (κ2) is 12.2. The van der Waals surface area contributed by atoms with Crippen molar-refractivity contribution in [3.8, 4) is 11.5 Å². The lowest BCUT2D eigenvalue weighted by molar-refractivity contribution is -0.133. The van der Waals surface area contributed by atoms with E-state index in [2.05, 4.69) is 5.32 Å². The zero-order chi connectivity index (χ0) is 25.4. The van der Waals surface area contributed by atoms with Crippen LogP contribution in [0.1, 0.15) is 37.4 Å². The van der Waals surface area contributed by atoms with Gasteiger partial charge < -0.3 is 24.4 Å². The summed E-state index contributed by atoms with van der Waals surface area (Å²) in [7, 11) is 4.78. The molecule has 0 radical (unpaired) electrons. The summed E-state index contributed by atoms with van der Waals surface area (Å²) in [6.45, 7) is 4.21. The van der Waals surface area contributed by atoms with Gasteiger partial charge in [-0.25, -0.2) is 9.80 Å². The van der Waals surface area contributed by atoms with Crippen LogP contribution in [0.15, 0.2) is 53.6 Å². The highest BCUT2D eigenvalue weighted by atomic mass is 16.5. The van der Waals surface area contributed by atoms with Gasteiger partial charge in [-0.2, -0.15) is 5.10 Å². The molecule has 0 fully saturated rings. The van der Waals surface area contributed by atoms with E-state index in [0.717, 1.165) is 22.6 Å². The fourth-order valence-corrected chi connectivity index (χ4v) is 3.91. The van der Waals surface area contributed by atoms with E-state index in [-0.39, 0.29) is 37.1 Å². The summed E-state index contributed by atoms with van der Waals surface area (Å²) in [5.74, 6) is 1.13. The monoisotopic (exact) mass is 482 g/mol. The van der Waals surface area contributed by atoms with Crippen molar-refractivity contribution >= 4 is 17.6 Å². The number of nitrogens with one attached hydrogen (secondary N) is 1. The van der Waals surface area contributed by atoms with Crippen LogP contribution < -0.4 is 14.8 Å². The molecule has 3 amide bonds. The van der Waals surface area contributed by atoms with E-state index < -0.39 is 0 Å². The minimum Gasteiger partial charge on any atom is -0.497 e. The molecule has 0 saturated heterocycles. The van der Waals surface area contributed by atoms with Gasteiger partial charge >= 0.3 is 6.03 Å². The van der Waals surface area contributed by atoms with Crippen LogP contribution in [0.25, 0.3) is 0 Å². The van der Waals surface area contributed by atoms with Gasteiger partial charge in [-0.15, -0.1) is 0 Å². The van der Waals surface area contributed by atoms with Crippen molar-refractivity contribution in [2.45, 2.75) is 32.4 Å². The number of methoxy groups -OCH3 is 3. The maximum absolute atomic E-state index is 13.6. The molecule has 0 spiro atoms. The molecule has 0 saturated carbocycles. The van der Waals surface area contributed by atoms with E-state index in [9.17, 15) is 9.59 Å². The summed E-state index contributed by atoms with van der Waals surface area (Å²) < 4.78 is 16.0. The van der Waals surface area contributed by atoms with Crippen molar-refractivity contribution in [3.05, 3.63) is 59.7 Å². The highest BCUT2D eigenvalue weighted by Crippen LogP contribution is 2.37. The van der Waals surface area contributed by atoms with E-state index in [1.165, 1.54) is 9.91 Å². The van der Waals surface area contributed by atoms with Gasteiger partial charge in [0.15, 0.2) is 0 Å². The van der Waals surface area contributed by atoms with Crippen molar-refractivity contribution in [2.75, 3.05) is 41.0 Å². The minimum absolute atomic E-state index is 0.0598. The molecule has 0 aromatic heterocycles. The Balaban J connectivity index is 1.92. The average Bonchev–Trinajstić information content (AvgIpc) is 3.31. The average molecular weight is 483 g/mol. The van der Waals surface area contributed by atoms with Crippen LogP contribution >= 0.6 is 0 Å². The molecule has 1 atom stereocenters. The van der Waals surface area contributed by atoms with Crippen LogP contribution in [0.4, 0.5) is 4.79 Å². The molecular formula is C26H34N4O5. The largest absolute Gasteiger partial charge is 0.497 e. The third-order valence-corrected chi connectivity index (χ3v) is 5.68. The quantitative estimate of drug-likeness (QED) is 0.560. The molecule has 188 valence electrons. The van der Waals surface area contributed by atoms with Gasteiger partial charge in [0.2, 0.25) is 0 Å². The van der Waals surface area contributed by atoms with Crippen LogP contribution in [-0.4, -0.2) is 74.6 Å². The number of hydrogen-bond donors (Lipinski definition) is 1. The molecule has 9 nitrogen and oxygen atoms in total. The molecule has 1 heterocycles. The molecular weight excluding hydrogens is 448 g/mol. The van der Waals surface area contributed by atoms with Gasteiger partial charge in [0.25, 0.3) is 5.91 Å². The molecule has 1 unspecified atom stereocenters. The Kier molecular flexibility index (Phi) is 9.08. The molecule has 9 heteroatoms. The third-order valence-electron chi connectivity index (χ3n) is 5.68. The van der Waals surface area contributed by atoms with Crippen molar-refractivity contribution in [1.82, 2.24) is 15.2 Å². The predicted molar refractivity (Wildman–Crippen MR) is 134 cm³/mol. The summed E-state index contributed by atoms with van der Waals surface area (Å²) in [6.07, 6.45) is 0.509. The van der Waals surface area contributed by atoms with Crippen LogP contribution in [0.2, 0.25) is 0 Å². The molecule has 35 heavy (non-hydrogen) atoms. The zero-order valence-electron chi connectivity index (χ0n) is 21.0. The third kappa shape index (κ3) is 6.51. The van der Waals surface area contributed by atoms with E-state index in [4.69, 9.17) is 19.3 Å². The number of urea groups is 1. The highest BCUT2D eigenvalue weighted by Gasteiger charge is 2.35. The van der Waals surface area contributed by atoms with Gasteiger partial charge in [0.1, 0.15) is 18.0 Å². The number of carbonyl (C=O) groups is 2. The number of hydrazone groups is 1. The Hall–Kier alpha value is -3.59. The summed E-state index contributed by atoms with van der Waals surface area (Å²) in [4.78, 5) is 27.7. The van der Waals surface area contributed by atoms with Crippen molar-refractivity contribution in [1.29, 1.82) is 0 Å². The zero-order valence-corrected chi connectivity index (χ0v) is 21.0. The summed E-state index contributed by atoms with van der Waals surface area (Å²) in [5, 5.41) is 9.03. The molecule has 1 aliphatic heterocycles. The van der Waals surface area contributed by atoms with Crippen LogP contribution in [0.3, 0.4) is 0 Å². The van der Waals surface area contributed by atoms with E-state index in [0.29, 0.717) is 18.8 Å². The Bertz CT molecular complexity index is 1040. The number of rotatable bonds is 10. The number of amides is 3. The second-order valence-corrected chi connectivity index (χ2v) is 8.49. The maximum Gasteiger partial charge on any atom is 0.318 e. The van der Waals surface area contributed by atoms with Crippen molar-refractivity contribution in [3.63, 3.8) is 0 Å². The lowest BCUT2D eigenvalue weighted by atomic mass is 9.97. The Morgan fingerprint density at radius 1 is 1.09 bits per heavy atom. The van der Waals surface area contributed by atoms with Crippen molar-refractivity contribution in [2.24, 2.45) is 5.10 Å². The molecule has 0 aliphatic carbocycles. The molecule has 1 aliphatic rings. The molecule has 0 bridgehead atoms. The first-order valence-electron chi connectivity index (χ1n) is 11.6. The number of para-hydroxylation sites is 1.